The van der Waals surface area contributed by atoms with Crippen molar-refractivity contribution < 1.29 is 22.8 Å². The SMILES string of the molecule is NS(=O)(=O)OCc1cc(O)ccc1O. The summed E-state index contributed by atoms with van der Waals surface area (Å²) in [5, 5.41) is 22.8. The van der Waals surface area contributed by atoms with Gasteiger partial charge in [0.25, 0.3) is 0 Å². The Morgan fingerprint density at radius 1 is 1.36 bits per heavy atom. The maximum Gasteiger partial charge on any atom is 0.333 e. The number of hydrogen-bond donors (Lipinski definition) is 3. The van der Waals surface area contributed by atoms with Crippen molar-refractivity contribution >= 4 is 10.3 Å². The van der Waals surface area contributed by atoms with E-state index in [2.05, 4.69) is 9.32 Å². The second-order valence-corrected chi connectivity index (χ2v) is 3.79. The molecule has 0 saturated heterocycles. The molecule has 0 amide bonds. The summed E-state index contributed by atoms with van der Waals surface area (Å²) >= 11 is 0. The normalized spacial score (nSPS) is 11.5. The molecular formula is C7H9NO5S. The molecule has 0 aliphatic carbocycles. The number of benzene rings is 1. The molecular weight excluding hydrogens is 210 g/mol. The van der Waals surface area contributed by atoms with E-state index in [0.717, 1.165) is 0 Å². The van der Waals surface area contributed by atoms with Crippen molar-refractivity contribution in [2.75, 3.05) is 0 Å². The molecule has 0 bridgehead atoms. The third-order valence-corrected chi connectivity index (χ3v) is 1.89. The summed E-state index contributed by atoms with van der Waals surface area (Å²) in [4.78, 5) is 0. The predicted molar refractivity (Wildman–Crippen MR) is 47.7 cm³/mol. The first-order valence-electron chi connectivity index (χ1n) is 3.56. The van der Waals surface area contributed by atoms with Crippen LogP contribution in [0.5, 0.6) is 11.5 Å². The Hall–Kier alpha value is -1.31. The maximum absolute atomic E-state index is 10.4. The average molecular weight is 219 g/mol. The minimum atomic E-state index is -4.04. The standard InChI is InChI=1S/C7H9NO5S/c8-14(11,12)13-4-5-3-6(9)1-2-7(5)10/h1-3,9-10H,4H2,(H2,8,11,12). The largest absolute Gasteiger partial charge is 0.508 e. The first kappa shape index (κ1) is 10.8. The van der Waals surface area contributed by atoms with Gasteiger partial charge >= 0.3 is 10.3 Å². The number of phenolic OH excluding ortho intramolecular Hbond substituents is 2. The van der Waals surface area contributed by atoms with Gasteiger partial charge in [0.1, 0.15) is 11.5 Å². The highest BCUT2D eigenvalue weighted by molar-refractivity contribution is 7.84. The van der Waals surface area contributed by atoms with E-state index in [0.29, 0.717) is 0 Å². The second-order valence-electron chi connectivity index (χ2n) is 2.57. The molecule has 0 atom stereocenters. The zero-order chi connectivity index (χ0) is 10.8. The van der Waals surface area contributed by atoms with Crippen molar-refractivity contribution in [1.29, 1.82) is 0 Å². The lowest BCUT2D eigenvalue weighted by Crippen LogP contribution is -2.15. The second kappa shape index (κ2) is 3.82. The first-order valence-corrected chi connectivity index (χ1v) is 5.03. The van der Waals surface area contributed by atoms with Crippen molar-refractivity contribution in [2.45, 2.75) is 6.61 Å². The minimum Gasteiger partial charge on any atom is -0.508 e. The Morgan fingerprint density at radius 2 is 2.00 bits per heavy atom. The van der Waals surface area contributed by atoms with E-state index >= 15 is 0 Å². The fourth-order valence-corrected chi connectivity index (χ4v) is 1.12. The minimum absolute atomic E-state index is 0.101. The molecule has 0 fully saturated rings. The molecule has 78 valence electrons. The Balaban J connectivity index is 2.81. The van der Waals surface area contributed by atoms with E-state index in [1.807, 2.05) is 0 Å². The van der Waals surface area contributed by atoms with Gasteiger partial charge in [-0.3, -0.25) is 4.18 Å². The van der Waals surface area contributed by atoms with E-state index in [1.54, 1.807) is 0 Å². The lowest BCUT2D eigenvalue weighted by Gasteiger charge is -2.04. The molecule has 1 aromatic carbocycles. The zero-order valence-corrected chi connectivity index (χ0v) is 7.86. The highest BCUT2D eigenvalue weighted by atomic mass is 32.2. The van der Waals surface area contributed by atoms with Gasteiger partial charge in [0.05, 0.1) is 6.61 Å². The number of hydrogen-bond acceptors (Lipinski definition) is 5. The van der Waals surface area contributed by atoms with Crippen LogP contribution in [0.2, 0.25) is 0 Å². The quantitative estimate of drug-likeness (QED) is 0.611. The van der Waals surface area contributed by atoms with Gasteiger partial charge in [-0.25, -0.2) is 5.14 Å². The van der Waals surface area contributed by atoms with Crippen LogP contribution in [0.15, 0.2) is 18.2 Å². The van der Waals surface area contributed by atoms with Gasteiger partial charge in [-0.15, -0.1) is 0 Å². The molecule has 0 heterocycles. The Labute approximate surface area is 80.8 Å². The van der Waals surface area contributed by atoms with Crippen molar-refractivity contribution in [1.82, 2.24) is 0 Å². The van der Waals surface area contributed by atoms with Crippen molar-refractivity contribution in [3.8, 4) is 11.5 Å². The highest BCUT2D eigenvalue weighted by Crippen LogP contribution is 2.22. The molecule has 0 aliphatic heterocycles. The maximum atomic E-state index is 10.4. The van der Waals surface area contributed by atoms with E-state index in [9.17, 15) is 13.5 Å². The molecule has 4 N–H and O–H groups in total. The van der Waals surface area contributed by atoms with Crippen molar-refractivity contribution in [3.05, 3.63) is 23.8 Å². The topological polar surface area (TPSA) is 110 Å². The van der Waals surface area contributed by atoms with Gasteiger partial charge < -0.3 is 10.2 Å². The van der Waals surface area contributed by atoms with Crippen LogP contribution in [-0.4, -0.2) is 18.6 Å². The summed E-state index contributed by atoms with van der Waals surface area (Å²) in [6, 6.07) is 3.66. The van der Waals surface area contributed by atoms with Crippen LogP contribution >= 0.6 is 0 Å². The molecule has 0 unspecified atom stereocenters. The number of rotatable bonds is 3. The molecule has 6 nitrogen and oxygen atoms in total. The molecule has 1 rings (SSSR count). The van der Waals surface area contributed by atoms with Crippen molar-refractivity contribution in [3.63, 3.8) is 0 Å². The zero-order valence-electron chi connectivity index (χ0n) is 7.04. The van der Waals surface area contributed by atoms with Gasteiger partial charge in [-0.1, -0.05) is 0 Å². The van der Waals surface area contributed by atoms with Crippen LogP contribution in [0, 0.1) is 0 Å². The molecule has 0 spiro atoms. The summed E-state index contributed by atoms with van der Waals surface area (Å²) in [7, 11) is -4.04. The molecule has 0 aromatic heterocycles. The van der Waals surface area contributed by atoms with Crippen LogP contribution in [0.3, 0.4) is 0 Å². The van der Waals surface area contributed by atoms with Crippen molar-refractivity contribution in [2.24, 2.45) is 5.14 Å². The number of aromatic hydroxyl groups is 2. The summed E-state index contributed by atoms with van der Waals surface area (Å²) in [6.07, 6.45) is 0. The van der Waals surface area contributed by atoms with Crippen LogP contribution in [0.4, 0.5) is 0 Å². The van der Waals surface area contributed by atoms with Crippen LogP contribution in [-0.2, 0) is 21.1 Å². The van der Waals surface area contributed by atoms with Crippen LogP contribution in [0.25, 0.3) is 0 Å². The first-order chi connectivity index (χ1) is 6.38. The molecule has 0 radical (unpaired) electrons. The van der Waals surface area contributed by atoms with E-state index in [4.69, 9.17) is 5.11 Å². The van der Waals surface area contributed by atoms with E-state index < -0.39 is 16.9 Å². The average Bonchev–Trinajstić information content (AvgIpc) is 2.05. The van der Waals surface area contributed by atoms with E-state index in [1.165, 1.54) is 18.2 Å². The fourth-order valence-electron chi connectivity index (χ4n) is 0.833. The lowest BCUT2D eigenvalue weighted by atomic mass is 10.2. The molecule has 14 heavy (non-hydrogen) atoms. The molecule has 7 heteroatoms. The smallest absolute Gasteiger partial charge is 0.333 e. The third-order valence-electron chi connectivity index (χ3n) is 1.44. The predicted octanol–water partition coefficient (Wildman–Crippen LogP) is -0.182. The Kier molecular flexibility index (Phi) is 2.94. The fraction of sp³-hybridized carbons (Fsp3) is 0.143. The van der Waals surface area contributed by atoms with Gasteiger partial charge in [0.2, 0.25) is 0 Å². The highest BCUT2D eigenvalue weighted by Gasteiger charge is 2.07. The molecule has 0 saturated carbocycles. The monoisotopic (exact) mass is 219 g/mol. The van der Waals surface area contributed by atoms with Gasteiger partial charge in [0, 0.05) is 5.56 Å². The Morgan fingerprint density at radius 3 is 2.57 bits per heavy atom. The summed E-state index contributed by atoms with van der Waals surface area (Å²) < 4.78 is 25.1. The van der Waals surface area contributed by atoms with Crippen LogP contribution < -0.4 is 5.14 Å². The third kappa shape index (κ3) is 3.21. The van der Waals surface area contributed by atoms with Gasteiger partial charge in [-0.2, -0.15) is 8.42 Å². The van der Waals surface area contributed by atoms with Gasteiger partial charge in [0.15, 0.2) is 0 Å². The number of phenols is 2. The van der Waals surface area contributed by atoms with Crippen LogP contribution in [0.1, 0.15) is 5.56 Å². The number of nitrogens with two attached hydrogens (primary N) is 1. The summed E-state index contributed by atoms with van der Waals surface area (Å²) in [6.45, 7) is -0.418. The van der Waals surface area contributed by atoms with E-state index in [-0.39, 0.29) is 17.1 Å². The lowest BCUT2D eigenvalue weighted by molar-refractivity contribution is 0.301. The Bertz CT molecular complexity index is 428. The summed E-state index contributed by atoms with van der Waals surface area (Å²) in [5.41, 5.74) is 0.138. The molecule has 0 aliphatic rings. The summed E-state index contributed by atoms with van der Waals surface area (Å²) in [5.74, 6) is -0.276. The molecule has 1 aromatic rings. The van der Waals surface area contributed by atoms with Gasteiger partial charge in [-0.05, 0) is 18.2 Å².